The van der Waals surface area contributed by atoms with E-state index in [-0.39, 0.29) is 12.0 Å². The Morgan fingerprint density at radius 2 is 2.19 bits per heavy atom. The van der Waals surface area contributed by atoms with E-state index in [1.165, 1.54) is 25.7 Å². The average molecular weight is 244 g/mol. The van der Waals surface area contributed by atoms with Crippen LogP contribution in [0.5, 0.6) is 0 Å². The Labute approximate surface area is 102 Å². The van der Waals surface area contributed by atoms with Crippen molar-refractivity contribution in [2.75, 3.05) is 12.4 Å². The largest absolute Gasteiger partial charge is 0.462 e. The predicted octanol–water partition coefficient (Wildman–Crippen LogP) is 1.13. The van der Waals surface area contributed by atoms with Crippen molar-refractivity contribution in [1.82, 2.24) is 0 Å². The number of thioether (sulfide) groups is 1. The molecule has 1 unspecified atom stereocenters. The van der Waals surface area contributed by atoms with Gasteiger partial charge in [-0.05, 0) is 25.7 Å². The minimum atomic E-state index is -0.0227. The molecule has 4 heteroatoms. The summed E-state index contributed by atoms with van der Waals surface area (Å²) in [6.07, 6.45) is 5.10. The van der Waals surface area contributed by atoms with E-state index in [4.69, 9.17) is 4.74 Å². The lowest BCUT2D eigenvalue weighted by Gasteiger charge is -2.32. The first-order valence-electron chi connectivity index (χ1n) is 6.32. The van der Waals surface area contributed by atoms with Crippen LogP contribution in [0.2, 0.25) is 0 Å². The molecular formula is C12H22NO2S+. The van der Waals surface area contributed by atoms with Gasteiger partial charge in [0, 0.05) is 12.8 Å². The molecule has 0 bridgehead atoms. The SMILES string of the molecule is CCOC(=O)C1CSC2(CCC(C)CC2)[NH2+]1. The molecule has 1 spiro atoms. The maximum absolute atomic E-state index is 11.7. The minimum Gasteiger partial charge on any atom is -0.462 e. The van der Waals surface area contributed by atoms with Gasteiger partial charge in [-0.2, -0.15) is 0 Å². The molecule has 2 rings (SSSR count). The summed E-state index contributed by atoms with van der Waals surface area (Å²) in [4.78, 5) is 12.0. The molecule has 0 aromatic rings. The van der Waals surface area contributed by atoms with E-state index < -0.39 is 0 Å². The third kappa shape index (κ3) is 2.54. The molecule has 1 aliphatic carbocycles. The topological polar surface area (TPSA) is 42.9 Å². The second-order valence-corrected chi connectivity index (χ2v) is 6.52. The summed E-state index contributed by atoms with van der Waals surface area (Å²) in [5.74, 6) is 1.76. The Balaban J connectivity index is 1.89. The second kappa shape index (κ2) is 4.96. The average Bonchev–Trinajstić information content (AvgIpc) is 2.68. The zero-order valence-electron chi connectivity index (χ0n) is 10.2. The number of esters is 1. The summed E-state index contributed by atoms with van der Waals surface area (Å²) in [5, 5.41) is 2.28. The van der Waals surface area contributed by atoms with Crippen LogP contribution in [0.3, 0.4) is 0 Å². The quantitative estimate of drug-likeness (QED) is 0.741. The number of carbonyl (C=O) groups is 1. The zero-order chi connectivity index (χ0) is 11.6. The van der Waals surface area contributed by atoms with Gasteiger partial charge in [0.1, 0.15) is 4.87 Å². The Morgan fingerprint density at radius 1 is 1.50 bits per heavy atom. The molecule has 2 aliphatic rings. The molecule has 1 saturated carbocycles. The van der Waals surface area contributed by atoms with E-state index >= 15 is 0 Å². The first kappa shape index (κ1) is 12.2. The molecule has 1 saturated heterocycles. The second-order valence-electron chi connectivity index (χ2n) is 5.08. The van der Waals surface area contributed by atoms with Crippen LogP contribution in [0.15, 0.2) is 0 Å². The smallest absolute Gasteiger partial charge is 0.365 e. The van der Waals surface area contributed by atoms with Gasteiger partial charge >= 0.3 is 5.97 Å². The van der Waals surface area contributed by atoms with Crippen LogP contribution in [0.4, 0.5) is 0 Å². The summed E-state index contributed by atoms with van der Waals surface area (Å²) >= 11 is 1.97. The van der Waals surface area contributed by atoms with Gasteiger partial charge in [-0.1, -0.05) is 18.7 Å². The van der Waals surface area contributed by atoms with Crippen molar-refractivity contribution in [2.45, 2.75) is 50.4 Å². The molecule has 2 fully saturated rings. The van der Waals surface area contributed by atoms with E-state index in [2.05, 4.69) is 12.2 Å². The lowest BCUT2D eigenvalue weighted by molar-refractivity contribution is -0.715. The van der Waals surface area contributed by atoms with E-state index in [1.54, 1.807) is 0 Å². The van der Waals surface area contributed by atoms with Gasteiger partial charge in [0.25, 0.3) is 0 Å². The van der Waals surface area contributed by atoms with Crippen LogP contribution in [-0.4, -0.2) is 29.2 Å². The third-order valence-corrected chi connectivity index (χ3v) is 5.41. The summed E-state index contributed by atoms with van der Waals surface area (Å²) in [5.41, 5.74) is 0. The van der Waals surface area contributed by atoms with Crippen molar-refractivity contribution in [2.24, 2.45) is 5.92 Å². The molecule has 0 amide bonds. The summed E-state index contributed by atoms with van der Waals surface area (Å²) in [6.45, 7) is 4.70. The highest BCUT2D eigenvalue weighted by Gasteiger charge is 2.48. The molecule has 92 valence electrons. The normalized spacial score (nSPS) is 38.9. The molecule has 1 atom stereocenters. The van der Waals surface area contributed by atoms with Crippen LogP contribution in [-0.2, 0) is 9.53 Å². The summed E-state index contributed by atoms with van der Waals surface area (Å²) < 4.78 is 5.10. The molecule has 16 heavy (non-hydrogen) atoms. The van der Waals surface area contributed by atoms with E-state index in [0.29, 0.717) is 11.5 Å². The Hall–Kier alpha value is -0.220. The number of hydrogen-bond acceptors (Lipinski definition) is 3. The highest BCUT2D eigenvalue weighted by Crippen LogP contribution is 2.39. The number of nitrogens with two attached hydrogens (primary N) is 1. The van der Waals surface area contributed by atoms with Crippen LogP contribution >= 0.6 is 11.8 Å². The monoisotopic (exact) mass is 244 g/mol. The van der Waals surface area contributed by atoms with E-state index in [9.17, 15) is 4.79 Å². The molecule has 2 N–H and O–H groups in total. The van der Waals surface area contributed by atoms with Gasteiger partial charge in [0.05, 0.1) is 12.4 Å². The van der Waals surface area contributed by atoms with Crippen LogP contribution in [0.25, 0.3) is 0 Å². The minimum absolute atomic E-state index is 0.0227. The molecular weight excluding hydrogens is 222 g/mol. The number of ether oxygens (including phenoxy) is 1. The maximum atomic E-state index is 11.7. The summed E-state index contributed by atoms with van der Waals surface area (Å²) in [7, 11) is 0. The van der Waals surface area contributed by atoms with Crippen molar-refractivity contribution in [3.63, 3.8) is 0 Å². The maximum Gasteiger partial charge on any atom is 0.365 e. The fourth-order valence-electron chi connectivity index (χ4n) is 2.67. The van der Waals surface area contributed by atoms with Gasteiger partial charge in [0.2, 0.25) is 0 Å². The number of carbonyl (C=O) groups excluding carboxylic acids is 1. The van der Waals surface area contributed by atoms with Crippen LogP contribution in [0, 0.1) is 5.92 Å². The van der Waals surface area contributed by atoms with Crippen molar-refractivity contribution in [3.8, 4) is 0 Å². The first-order chi connectivity index (χ1) is 7.65. The molecule has 3 nitrogen and oxygen atoms in total. The van der Waals surface area contributed by atoms with Crippen molar-refractivity contribution in [1.29, 1.82) is 0 Å². The van der Waals surface area contributed by atoms with Crippen molar-refractivity contribution >= 4 is 17.7 Å². The Morgan fingerprint density at radius 3 is 2.81 bits per heavy atom. The number of hydrogen-bond donors (Lipinski definition) is 1. The highest BCUT2D eigenvalue weighted by molar-refractivity contribution is 8.00. The predicted molar refractivity (Wildman–Crippen MR) is 65.2 cm³/mol. The van der Waals surface area contributed by atoms with Crippen molar-refractivity contribution < 1.29 is 14.8 Å². The molecule has 0 radical (unpaired) electrons. The third-order valence-electron chi connectivity index (χ3n) is 3.77. The van der Waals surface area contributed by atoms with E-state index in [0.717, 1.165) is 11.7 Å². The van der Waals surface area contributed by atoms with E-state index in [1.807, 2.05) is 18.7 Å². The van der Waals surface area contributed by atoms with Crippen molar-refractivity contribution in [3.05, 3.63) is 0 Å². The molecule has 0 aromatic carbocycles. The standard InChI is InChI=1S/C12H21NO2S/c1-3-15-11(14)10-8-16-12(13-10)6-4-9(2)5-7-12/h9-10,13H,3-8H2,1-2H3/p+1. The zero-order valence-corrected chi connectivity index (χ0v) is 11.0. The van der Waals surface area contributed by atoms with Gasteiger partial charge < -0.3 is 10.1 Å². The van der Waals surface area contributed by atoms with Gasteiger partial charge in [-0.15, -0.1) is 0 Å². The lowest BCUT2D eigenvalue weighted by Crippen LogP contribution is -2.98. The molecule has 0 aromatic heterocycles. The fraction of sp³-hybridized carbons (Fsp3) is 0.917. The van der Waals surface area contributed by atoms with Gasteiger partial charge in [-0.25, -0.2) is 4.79 Å². The Bertz CT molecular complexity index is 262. The molecule has 1 aliphatic heterocycles. The number of quaternary nitrogens is 1. The highest BCUT2D eigenvalue weighted by atomic mass is 32.2. The van der Waals surface area contributed by atoms with Gasteiger partial charge in [0.15, 0.2) is 6.04 Å². The fourth-order valence-corrected chi connectivity index (χ4v) is 4.19. The van der Waals surface area contributed by atoms with Crippen LogP contribution in [0.1, 0.15) is 39.5 Å². The number of rotatable bonds is 2. The summed E-state index contributed by atoms with van der Waals surface area (Å²) in [6, 6.07) is 0.0401. The van der Waals surface area contributed by atoms with Gasteiger partial charge in [-0.3, -0.25) is 0 Å². The Kier molecular flexibility index (Phi) is 3.80. The van der Waals surface area contributed by atoms with Crippen LogP contribution < -0.4 is 5.32 Å². The first-order valence-corrected chi connectivity index (χ1v) is 7.30. The lowest BCUT2D eigenvalue weighted by atomic mass is 9.86. The molecule has 1 heterocycles.